The number of carboxylic acid groups (broad SMARTS) is 1. The average molecular weight is 475 g/mol. The Bertz CT molecular complexity index is 1190. The van der Waals surface area contributed by atoms with Crippen molar-refractivity contribution in [1.82, 2.24) is 19.2 Å². The Morgan fingerprint density at radius 1 is 1.15 bits per heavy atom. The quantitative estimate of drug-likeness (QED) is 0.415. The first-order valence-electron chi connectivity index (χ1n) is 10.7. The summed E-state index contributed by atoms with van der Waals surface area (Å²) in [5, 5.41) is 22.5. The number of aliphatic hydroxyl groups excluding tert-OH is 1. The van der Waals surface area contributed by atoms with Gasteiger partial charge in [0.25, 0.3) is 0 Å². The molecule has 178 valence electrons. The maximum absolute atomic E-state index is 13.5. The number of hydrogen-bond donors (Lipinski definition) is 3. The first kappa shape index (κ1) is 24.7. The van der Waals surface area contributed by atoms with Crippen LogP contribution in [0.15, 0.2) is 59.8 Å². The van der Waals surface area contributed by atoms with Crippen LogP contribution in [0.2, 0.25) is 0 Å². The summed E-state index contributed by atoms with van der Waals surface area (Å²) in [4.78, 5) is 15.7. The molecule has 0 bridgehead atoms. The number of imidazole rings is 1. The summed E-state index contributed by atoms with van der Waals surface area (Å²) in [5.41, 5.74) is 2.19. The van der Waals surface area contributed by atoms with Crippen LogP contribution in [0.1, 0.15) is 19.4 Å². The highest BCUT2D eigenvalue weighted by atomic mass is 32.2. The molecule has 0 aliphatic rings. The minimum Gasteiger partial charge on any atom is -0.465 e. The number of aliphatic hydroxyl groups is 1. The maximum Gasteiger partial charge on any atom is 0.404 e. The molecule has 0 aliphatic carbocycles. The van der Waals surface area contributed by atoms with E-state index in [0.29, 0.717) is 5.52 Å². The van der Waals surface area contributed by atoms with E-state index in [-0.39, 0.29) is 30.3 Å². The fourth-order valence-electron chi connectivity index (χ4n) is 3.75. The predicted octanol–water partition coefficient (Wildman–Crippen LogP) is 2.46. The predicted molar refractivity (Wildman–Crippen MR) is 125 cm³/mol. The lowest BCUT2D eigenvalue weighted by atomic mass is 10.0. The molecule has 2 atom stereocenters. The van der Waals surface area contributed by atoms with Gasteiger partial charge in [-0.1, -0.05) is 44.2 Å². The van der Waals surface area contributed by atoms with Crippen LogP contribution in [0.4, 0.5) is 4.79 Å². The largest absolute Gasteiger partial charge is 0.465 e. The zero-order valence-corrected chi connectivity index (χ0v) is 19.7. The van der Waals surface area contributed by atoms with Crippen molar-refractivity contribution in [2.75, 3.05) is 13.1 Å². The molecule has 0 aliphatic heterocycles. The molecular weight excluding hydrogens is 444 g/mol. The molecule has 2 aromatic carbocycles. The molecule has 1 amide bonds. The summed E-state index contributed by atoms with van der Waals surface area (Å²) in [7, 11) is -2.13. The van der Waals surface area contributed by atoms with E-state index >= 15 is 0 Å². The SMILES string of the molecule is CC(C)CN(C[C@@H](O)[C@H](Cc1ccccc1)NC(=O)O)S(=O)(=O)c1ccc2c(c1)ncn2C. The van der Waals surface area contributed by atoms with Crippen molar-refractivity contribution in [3.63, 3.8) is 0 Å². The summed E-state index contributed by atoms with van der Waals surface area (Å²) in [5.74, 6) is -0.00874. The Morgan fingerprint density at radius 3 is 2.48 bits per heavy atom. The average Bonchev–Trinajstić information content (AvgIpc) is 3.13. The van der Waals surface area contributed by atoms with Gasteiger partial charge in [-0.25, -0.2) is 18.2 Å². The lowest BCUT2D eigenvalue weighted by Crippen LogP contribution is -2.50. The molecule has 0 radical (unpaired) electrons. The lowest BCUT2D eigenvalue weighted by Gasteiger charge is -2.30. The first-order chi connectivity index (χ1) is 15.6. The van der Waals surface area contributed by atoms with Crippen molar-refractivity contribution < 1.29 is 23.4 Å². The Hall–Kier alpha value is -2.95. The number of rotatable bonds is 10. The summed E-state index contributed by atoms with van der Waals surface area (Å²) in [6.07, 6.45) is -0.700. The molecule has 10 heteroatoms. The number of carbonyl (C=O) groups is 1. The fraction of sp³-hybridized carbons (Fsp3) is 0.391. The lowest BCUT2D eigenvalue weighted by molar-refractivity contribution is 0.0980. The van der Waals surface area contributed by atoms with Crippen molar-refractivity contribution in [3.8, 4) is 0 Å². The topological polar surface area (TPSA) is 125 Å². The Kier molecular flexibility index (Phi) is 7.72. The zero-order chi connectivity index (χ0) is 24.2. The molecule has 33 heavy (non-hydrogen) atoms. The van der Waals surface area contributed by atoms with Gasteiger partial charge in [0, 0.05) is 20.1 Å². The van der Waals surface area contributed by atoms with Gasteiger partial charge in [0.15, 0.2) is 0 Å². The van der Waals surface area contributed by atoms with Crippen LogP contribution in [0.5, 0.6) is 0 Å². The summed E-state index contributed by atoms with van der Waals surface area (Å²) < 4.78 is 30.0. The molecule has 1 aromatic heterocycles. The Labute approximate surface area is 193 Å². The standard InChI is InChI=1S/C23H30N4O5S/c1-16(2)13-27(33(31,32)18-9-10-21-19(12-18)24-15-26(21)3)14-22(28)20(25-23(29)30)11-17-7-5-4-6-8-17/h4-10,12,15-16,20,22,25,28H,11,13-14H2,1-3H3,(H,29,30)/t20-,22+/m0/s1. The van der Waals surface area contributed by atoms with Gasteiger partial charge >= 0.3 is 6.09 Å². The summed E-state index contributed by atoms with van der Waals surface area (Å²) >= 11 is 0. The molecule has 0 saturated carbocycles. The highest BCUT2D eigenvalue weighted by molar-refractivity contribution is 7.89. The molecule has 3 aromatic rings. The van der Waals surface area contributed by atoms with Gasteiger partial charge in [0.05, 0.1) is 34.4 Å². The van der Waals surface area contributed by atoms with E-state index in [2.05, 4.69) is 10.3 Å². The van der Waals surface area contributed by atoms with Gasteiger partial charge in [-0.2, -0.15) is 4.31 Å². The van der Waals surface area contributed by atoms with Gasteiger partial charge in [0.2, 0.25) is 10.0 Å². The first-order valence-corrected chi connectivity index (χ1v) is 12.1. The van der Waals surface area contributed by atoms with E-state index in [1.165, 1.54) is 16.4 Å². The van der Waals surface area contributed by atoms with Gasteiger partial charge in [-0.15, -0.1) is 0 Å². The van der Waals surface area contributed by atoms with E-state index in [0.717, 1.165) is 11.1 Å². The maximum atomic E-state index is 13.5. The molecule has 1 heterocycles. The van der Waals surface area contributed by atoms with Crippen LogP contribution in [-0.4, -0.2) is 63.8 Å². The highest BCUT2D eigenvalue weighted by Crippen LogP contribution is 2.23. The number of hydrogen-bond acceptors (Lipinski definition) is 5. The molecular formula is C23H30N4O5S. The normalized spacial score (nSPS) is 14.0. The number of benzene rings is 2. The van der Waals surface area contributed by atoms with Crippen LogP contribution >= 0.6 is 0 Å². The third-order valence-electron chi connectivity index (χ3n) is 5.37. The van der Waals surface area contributed by atoms with Crippen LogP contribution in [0.25, 0.3) is 11.0 Å². The number of fused-ring (bicyclic) bond motifs is 1. The van der Waals surface area contributed by atoms with Gasteiger partial charge in [-0.05, 0) is 36.1 Å². The number of amides is 1. The van der Waals surface area contributed by atoms with E-state index in [4.69, 9.17) is 0 Å². The van der Waals surface area contributed by atoms with Gasteiger partial charge < -0.3 is 20.1 Å². The second kappa shape index (κ2) is 10.3. The van der Waals surface area contributed by atoms with E-state index in [9.17, 15) is 23.4 Å². The second-order valence-corrected chi connectivity index (χ2v) is 10.5. The molecule has 3 rings (SSSR count). The van der Waals surface area contributed by atoms with Crippen LogP contribution in [0.3, 0.4) is 0 Å². The third kappa shape index (κ3) is 6.10. The Balaban J connectivity index is 1.88. The van der Waals surface area contributed by atoms with Crippen molar-refractivity contribution >= 4 is 27.1 Å². The van der Waals surface area contributed by atoms with Crippen LogP contribution in [0, 0.1) is 5.92 Å². The van der Waals surface area contributed by atoms with E-state index < -0.39 is 28.3 Å². The van der Waals surface area contributed by atoms with Crippen molar-refractivity contribution in [2.24, 2.45) is 13.0 Å². The molecule has 0 spiro atoms. The molecule has 3 N–H and O–H groups in total. The summed E-state index contributed by atoms with van der Waals surface area (Å²) in [6, 6.07) is 13.0. The van der Waals surface area contributed by atoms with Crippen LogP contribution < -0.4 is 5.32 Å². The minimum atomic E-state index is -3.96. The monoisotopic (exact) mass is 474 g/mol. The number of nitrogens with one attached hydrogen (secondary N) is 1. The third-order valence-corrected chi connectivity index (χ3v) is 7.19. The number of aromatic nitrogens is 2. The van der Waals surface area contributed by atoms with Crippen LogP contribution in [-0.2, 0) is 23.5 Å². The molecule has 9 nitrogen and oxygen atoms in total. The number of nitrogens with zero attached hydrogens (tertiary/aromatic N) is 3. The van der Waals surface area contributed by atoms with Gasteiger partial charge in [0.1, 0.15) is 0 Å². The second-order valence-electron chi connectivity index (χ2n) is 8.53. The van der Waals surface area contributed by atoms with Crippen molar-refractivity contribution in [1.29, 1.82) is 0 Å². The van der Waals surface area contributed by atoms with E-state index in [1.54, 1.807) is 17.0 Å². The molecule has 0 saturated heterocycles. The van der Waals surface area contributed by atoms with Crippen molar-refractivity contribution in [2.45, 2.75) is 37.3 Å². The van der Waals surface area contributed by atoms with Gasteiger partial charge in [-0.3, -0.25) is 0 Å². The molecule has 0 unspecified atom stereocenters. The summed E-state index contributed by atoms with van der Waals surface area (Å²) in [6.45, 7) is 3.69. The molecule has 0 fully saturated rings. The Morgan fingerprint density at radius 2 is 1.85 bits per heavy atom. The number of aryl methyl sites for hydroxylation is 1. The van der Waals surface area contributed by atoms with Crippen molar-refractivity contribution in [3.05, 3.63) is 60.4 Å². The fourth-order valence-corrected chi connectivity index (χ4v) is 5.39. The number of sulfonamides is 1. The minimum absolute atomic E-state index is 0.00874. The van der Waals surface area contributed by atoms with E-state index in [1.807, 2.05) is 51.2 Å². The smallest absolute Gasteiger partial charge is 0.404 e. The highest BCUT2D eigenvalue weighted by Gasteiger charge is 2.31. The zero-order valence-electron chi connectivity index (χ0n) is 18.9.